The largest absolute Gasteiger partial charge is 0.497 e. The van der Waals surface area contributed by atoms with Gasteiger partial charge < -0.3 is 4.74 Å². The fraction of sp³-hybridized carbons (Fsp3) is 0.292. The van der Waals surface area contributed by atoms with Gasteiger partial charge in [-0.2, -0.15) is 4.31 Å². The topological polar surface area (TPSA) is 92.7 Å². The lowest BCUT2D eigenvalue weighted by atomic mass is 10.0. The van der Waals surface area contributed by atoms with Crippen molar-refractivity contribution < 1.29 is 17.9 Å². The number of pyridine rings is 1. The van der Waals surface area contributed by atoms with Gasteiger partial charge in [0.15, 0.2) is 5.13 Å². The van der Waals surface area contributed by atoms with Crippen LogP contribution in [0.3, 0.4) is 0 Å². The standard InChI is InChI=1S/C24H24N4O4S3/c1-32-18-10-11-21-19(15-18)26-24(34-21)27(16-17-7-2-4-12-25-17)23(29)20-8-3-5-13-28(20)35(30,31)22-9-6-14-33-22/h2,4,6-7,9-12,14-15,20H,3,5,8,13,16H2,1H3/t20-/m0/s1. The number of sulfonamides is 1. The van der Waals surface area contributed by atoms with Crippen LogP contribution in [0.5, 0.6) is 5.75 Å². The molecule has 0 N–H and O–H groups in total. The maximum absolute atomic E-state index is 14.1. The van der Waals surface area contributed by atoms with Crippen LogP contribution in [-0.4, -0.2) is 48.3 Å². The molecule has 4 heterocycles. The van der Waals surface area contributed by atoms with Crippen molar-refractivity contribution in [3.63, 3.8) is 0 Å². The van der Waals surface area contributed by atoms with Crippen molar-refractivity contribution in [2.75, 3.05) is 18.6 Å². The van der Waals surface area contributed by atoms with Crippen molar-refractivity contribution >= 4 is 54.0 Å². The summed E-state index contributed by atoms with van der Waals surface area (Å²) in [5.41, 5.74) is 1.41. The molecule has 1 saturated heterocycles. The third-order valence-corrected chi connectivity index (χ3v) is 10.3. The highest BCUT2D eigenvalue weighted by Crippen LogP contribution is 2.34. The molecular formula is C24H24N4O4S3. The molecule has 8 nitrogen and oxygen atoms in total. The first-order chi connectivity index (χ1) is 17.0. The predicted molar refractivity (Wildman–Crippen MR) is 137 cm³/mol. The summed E-state index contributed by atoms with van der Waals surface area (Å²) in [7, 11) is -2.19. The number of benzene rings is 1. The van der Waals surface area contributed by atoms with Crippen molar-refractivity contribution in [2.24, 2.45) is 0 Å². The fourth-order valence-electron chi connectivity index (χ4n) is 4.18. The maximum atomic E-state index is 14.1. The highest BCUT2D eigenvalue weighted by atomic mass is 32.2. The third kappa shape index (κ3) is 4.81. The average molecular weight is 529 g/mol. The van der Waals surface area contributed by atoms with E-state index < -0.39 is 16.1 Å². The number of thiophene rings is 1. The van der Waals surface area contributed by atoms with Gasteiger partial charge in [0.2, 0.25) is 5.91 Å². The van der Waals surface area contributed by atoms with E-state index in [0.29, 0.717) is 29.5 Å². The summed E-state index contributed by atoms with van der Waals surface area (Å²) < 4.78 is 34.7. The number of hydrogen-bond donors (Lipinski definition) is 0. The van der Waals surface area contributed by atoms with Crippen LogP contribution in [-0.2, 0) is 21.4 Å². The summed E-state index contributed by atoms with van der Waals surface area (Å²) in [5.74, 6) is 0.388. The minimum atomic E-state index is -3.78. The van der Waals surface area contributed by atoms with Gasteiger partial charge in [-0.15, -0.1) is 11.3 Å². The van der Waals surface area contributed by atoms with Crippen LogP contribution in [0, 0.1) is 0 Å². The van der Waals surface area contributed by atoms with Crippen molar-refractivity contribution in [1.82, 2.24) is 14.3 Å². The number of nitrogens with zero attached hydrogens (tertiary/aromatic N) is 4. The predicted octanol–water partition coefficient (Wildman–Crippen LogP) is 4.54. The van der Waals surface area contributed by atoms with E-state index >= 15 is 0 Å². The number of methoxy groups -OCH3 is 1. The van der Waals surface area contributed by atoms with Gasteiger partial charge in [-0.1, -0.05) is 29.9 Å². The molecule has 1 aromatic carbocycles. The Balaban J connectivity index is 1.54. The molecule has 182 valence electrons. The van der Waals surface area contributed by atoms with E-state index in [2.05, 4.69) is 4.98 Å². The van der Waals surface area contributed by atoms with Crippen molar-refractivity contribution in [2.45, 2.75) is 36.1 Å². The van der Waals surface area contributed by atoms with Crippen LogP contribution < -0.4 is 9.64 Å². The van der Waals surface area contributed by atoms with Gasteiger partial charge >= 0.3 is 0 Å². The minimum absolute atomic E-state index is 0.194. The van der Waals surface area contributed by atoms with Gasteiger partial charge in [-0.25, -0.2) is 13.4 Å². The molecule has 1 aliphatic heterocycles. The monoisotopic (exact) mass is 528 g/mol. The number of fused-ring (bicyclic) bond motifs is 1. The van der Waals surface area contributed by atoms with Gasteiger partial charge in [-0.3, -0.25) is 14.7 Å². The SMILES string of the molecule is COc1ccc2sc(N(Cc3ccccn3)C(=O)[C@@H]3CCCCN3S(=O)(=O)c3cccs3)nc2c1. The van der Waals surface area contributed by atoms with E-state index in [0.717, 1.165) is 34.4 Å². The Morgan fingerprint density at radius 1 is 1.20 bits per heavy atom. The summed E-state index contributed by atoms with van der Waals surface area (Å²) in [5, 5.41) is 2.24. The zero-order valence-electron chi connectivity index (χ0n) is 19.0. The number of thiazole rings is 1. The smallest absolute Gasteiger partial charge is 0.253 e. The number of anilines is 1. The Kier molecular flexibility index (Phi) is 6.83. The molecule has 0 aliphatic carbocycles. The second-order valence-corrected chi connectivity index (χ2v) is 12.2. The first-order valence-corrected chi connectivity index (χ1v) is 14.3. The van der Waals surface area contributed by atoms with Crippen LogP contribution in [0.1, 0.15) is 25.0 Å². The molecular weight excluding hydrogens is 504 g/mol. The fourth-order valence-corrected chi connectivity index (χ4v) is 7.90. The zero-order chi connectivity index (χ0) is 24.4. The van der Waals surface area contributed by atoms with Crippen LogP contribution >= 0.6 is 22.7 Å². The molecule has 1 atom stereocenters. The third-order valence-electron chi connectivity index (χ3n) is 5.92. The van der Waals surface area contributed by atoms with Crippen LogP contribution in [0.15, 0.2) is 64.3 Å². The number of amides is 1. The molecule has 1 aliphatic rings. The Hall–Kier alpha value is -2.86. The van der Waals surface area contributed by atoms with Gasteiger partial charge in [0.1, 0.15) is 16.0 Å². The molecule has 0 radical (unpaired) electrons. The number of ether oxygens (including phenoxy) is 1. The van der Waals surface area contributed by atoms with E-state index in [1.165, 1.54) is 15.6 Å². The van der Waals surface area contributed by atoms with Gasteiger partial charge in [0.25, 0.3) is 10.0 Å². The molecule has 0 spiro atoms. The highest BCUT2D eigenvalue weighted by Gasteiger charge is 2.41. The zero-order valence-corrected chi connectivity index (χ0v) is 21.5. The lowest BCUT2D eigenvalue weighted by molar-refractivity contribution is -0.123. The second kappa shape index (κ2) is 10.0. The summed E-state index contributed by atoms with van der Waals surface area (Å²) in [6.45, 7) is 0.505. The van der Waals surface area contributed by atoms with Gasteiger partial charge in [0, 0.05) is 18.8 Å². The lowest BCUT2D eigenvalue weighted by Crippen LogP contribution is -2.52. The number of piperidine rings is 1. The molecule has 1 fully saturated rings. The average Bonchev–Trinajstić information content (AvgIpc) is 3.58. The molecule has 4 aromatic rings. The normalized spacial score (nSPS) is 16.9. The maximum Gasteiger partial charge on any atom is 0.253 e. The van der Waals surface area contributed by atoms with E-state index in [9.17, 15) is 13.2 Å². The quantitative estimate of drug-likeness (QED) is 0.350. The van der Waals surface area contributed by atoms with Gasteiger partial charge in [-0.05, 0) is 48.6 Å². The lowest BCUT2D eigenvalue weighted by Gasteiger charge is -2.35. The molecule has 1 amide bonds. The summed E-state index contributed by atoms with van der Waals surface area (Å²) in [6, 6.07) is 13.6. The summed E-state index contributed by atoms with van der Waals surface area (Å²) in [4.78, 5) is 24.8. The first-order valence-electron chi connectivity index (χ1n) is 11.2. The molecule has 0 saturated carbocycles. The summed E-state index contributed by atoms with van der Waals surface area (Å²) in [6.07, 6.45) is 3.63. The molecule has 11 heteroatoms. The van der Waals surface area contributed by atoms with Crippen molar-refractivity contribution in [1.29, 1.82) is 0 Å². The molecule has 0 bridgehead atoms. The molecule has 35 heavy (non-hydrogen) atoms. The number of aromatic nitrogens is 2. The second-order valence-electron chi connectivity index (χ2n) is 8.13. The minimum Gasteiger partial charge on any atom is -0.497 e. The van der Waals surface area contributed by atoms with Crippen molar-refractivity contribution in [3.05, 3.63) is 65.8 Å². The van der Waals surface area contributed by atoms with E-state index in [1.807, 2.05) is 36.4 Å². The molecule has 3 aromatic heterocycles. The summed E-state index contributed by atoms with van der Waals surface area (Å²) >= 11 is 2.55. The molecule has 0 unspecified atom stereocenters. The molecule has 5 rings (SSSR count). The van der Waals surface area contributed by atoms with Crippen LogP contribution in [0.2, 0.25) is 0 Å². The Labute approximate surface area is 211 Å². The number of carbonyl (C=O) groups excluding carboxylic acids is 1. The first kappa shape index (κ1) is 23.9. The van der Waals surface area contributed by atoms with Crippen molar-refractivity contribution in [3.8, 4) is 5.75 Å². The highest BCUT2D eigenvalue weighted by molar-refractivity contribution is 7.91. The number of rotatable bonds is 7. The number of hydrogen-bond acceptors (Lipinski definition) is 8. The van der Waals surface area contributed by atoms with Crippen LogP contribution in [0.4, 0.5) is 5.13 Å². The Bertz CT molecular complexity index is 1420. The van der Waals surface area contributed by atoms with Gasteiger partial charge in [0.05, 0.1) is 29.6 Å². The Morgan fingerprint density at radius 3 is 2.83 bits per heavy atom. The van der Waals surface area contributed by atoms with E-state index in [1.54, 1.807) is 35.7 Å². The number of carbonyl (C=O) groups is 1. The van der Waals surface area contributed by atoms with Crippen LogP contribution in [0.25, 0.3) is 10.2 Å². The Morgan fingerprint density at radius 2 is 2.09 bits per heavy atom. The van der Waals surface area contributed by atoms with E-state index in [-0.39, 0.29) is 16.7 Å². The van der Waals surface area contributed by atoms with E-state index in [4.69, 9.17) is 9.72 Å².